The van der Waals surface area contributed by atoms with E-state index in [1.54, 1.807) is 0 Å². The normalized spacial score (nSPS) is 26.9. The van der Waals surface area contributed by atoms with Crippen molar-refractivity contribution in [3.63, 3.8) is 0 Å². The van der Waals surface area contributed by atoms with Crippen molar-refractivity contribution in [2.45, 2.75) is 43.9 Å². The van der Waals surface area contributed by atoms with E-state index < -0.39 is 0 Å². The van der Waals surface area contributed by atoms with E-state index in [0.717, 1.165) is 23.1 Å². The van der Waals surface area contributed by atoms with E-state index in [0.29, 0.717) is 18.2 Å². The first-order valence-corrected chi connectivity index (χ1v) is 8.85. The van der Waals surface area contributed by atoms with E-state index in [2.05, 4.69) is 63.7 Å². The maximum Gasteiger partial charge on any atom is 0.120 e. The minimum atomic E-state index is 0.351. The van der Waals surface area contributed by atoms with E-state index in [1.807, 2.05) is 6.07 Å². The summed E-state index contributed by atoms with van der Waals surface area (Å²) in [5.41, 5.74) is 2.40. The van der Waals surface area contributed by atoms with Gasteiger partial charge in [-0.05, 0) is 55.0 Å². The molecule has 3 atom stereocenters. The van der Waals surface area contributed by atoms with Crippen LogP contribution in [0.2, 0.25) is 0 Å². The lowest BCUT2D eigenvalue weighted by atomic mass is 10.0. The highest BCUT2D eigenvalue weighted by atomic mass is 79.9. The summed E-state index contributed by atoms with van der Waals surface area (Å²) in [6.45, 7) is 0. The number of fused-ring (bicyclic) bond motifs is 2. The molecule has 2 nitrogen and oxygen atoms in total. The van der Waals surface area contributed by atoms with Crippen molar-refractivity contribution in [2.75, 3.05) is 0 Å². The van der Waals surface area contributed by atoms with Gasteiger partial charge in [-0.15, -0.1) is 0 Å². The second kappa shape index (κ2) is 6.05. The van der Waals surface area contributed by atoms with Crippen LogP contribution in [0.5, 0.6) is 5.75 Å². The summed E-state index contributed by atoms with van der Waals surface area (Å²) in [6, 6.07) is 18.1. The largest absolute Gasteiger partial charge is 0.490 e. The summed E-state index contributed by atoms with van der Waals surface area (Å²) in [4.78, 5) is 0. The second-order valence-corrected chi connectivity index (χ2v) is 7.21. The number of halogens is 1. The molecule has 0 unspecified atom stereocenters. The van der Waals surface area contributed by atoms with Crippen LogP contribution in [0, 0.1) is 0 Å². The first-order valence-electron chi connectivity index (χ1n) is 8.05. The average Bonchev–Trinajstić information content (AvgIpc) is 2.89. The molecule has 2 aliphatic rings. The second-order valence-electron chi connectivity index (χ2n) is 6.36. The summed E-state index contributed by atoms with van der Waals surface area (Å²) in [7, 11) is 0. The van der Waals surface area contributed by atoms with Crippen molar-refractivity contribution >= 4 is 15.9 Å². The van der Waals surface area contributed by atoms with Gasteiger partial charge in [0.05, 0.1) is 0 Å². The number of ether oxygens (including phenoxy) is 1. The first-order chi connectivity index (χ1) is 10.8. The predicted octanol–water partition coefficient (Wildman–Crippen LogP) is 4.78. The van der Waals surface area contributed by atoms with Crippen LogP contribution in [-0.2, 0) is 0 Å². The Kier molecular flexibility index (Phi) is 3.93. The van der Waals surface area contributed by atoms with E-state index >= 15 is 0 Å². The lowest BCUT2D eigenvalue weighted by Gasteiger charge is -2.29. The van der Waals surface area contributed by atoms with Gasteiger partial charge in [-0.3, -0.25) is 0 Å². The minimum Gasteiger partial charge on any atom is -0.490 e. The van der Waals surface area contributed by atoms with Crippen molar-refractivity contribution in [3.8, 4) is 16.9 Å². The van der Waals surface area contributed by atoms with Crippen LogP contribution in [0.1, 0.15) is 25.7 Å². The molecule has 0 saturated carbocycles. The van der Waals surface area contributed by atoms with Gasteiger partial charge in [-0.2, -0.15) is 0 Å². The average molecular weight is 358 g/mol. The zero-order valence-electron chi connectivity index (χ0n) is 12.5. The fraction of sp³-hybridized carbons (Fsp3) is 0.368. The molecule has 114 valence electrons. The summed E-state index contributed by atoms with van der Waals surface area (Å²) in [5.74, 6) is 0.980. The monoisotopic (exact) mass is 357 g/mol. The Morgan fingerprint density at radius 1 is 0.955 bits per heavy atom. The topological polar surface area (TPSA) is 21.3 Å². The lowest BCUT2D eigenvalue weighted by Crippen LogP contribution is -2.42. The molecular formula is C19H20BrNO. The molecule has 0 aromatic heterocycles. The molecule has 22 heavy (non-hydrogen) atoms. The van der Waals surface area contributed by atoms with E-state index in [-0.39, 0.29) is 0 Å². The molecule has 1 N–H and O–H groups in total. The third-order valence-corrected chi connectivity index (χ3v) is 5.45. The molecule has 0 spiro atoms. The van der Waals surface area contributed by atoms with Crippen molar-refractivity contribution in [1.29, 1.82) is 0 Å². The van der Waals surface area contributed by atoms with Crippen LogP contribution in [0.3, 0.4) is 0 Å². The Balaban J connectivity index is 1.55. The van der Waals surface area contributed by atoms with Gasteiger partial charge < -0.3 is 10.1 Å². The van der Waals surface area contributed by atoms with Gasteiger partial charge >= 0.3 is 0 Å². The molecule has 2 aromatic carbocycles. The Morgan fingerprint density at radius 3 is 2.41 bits per heavy atom. The fourth-order valence-corrected chi connectivity index (χ4v) is 4.19. The van der Waals surface area contributed by atoms with Crippen LogP contribution in [0.25, 0.3) is 11.1 Å². The number of benzene rings is 2. The summed E-state index contributed by atoms with van der Waals surface area (Å²) >= 11 is 3.66. The smallest absolute Gasteiger partial charge is 0.120 e. The van der Waals surface area contributed by atoms with Crippen molar-refractivity contribution in [1.82, 2.24) is 5.32 Å². The zero-order valence-corrected chi connectivity index (χ0v) is 14.1. The highest BCUT2D eigenvalue weighted by Crippen LogP contribution is 2.34. The van der Waals surface area contributed by atoms with E-state index in [1.165, 1.54) is 24.0 Å². The van der Waals surface area contributed by atoms with Crippen LogP contribution >= 0.6 is 15.9 Å². The number of hydrogen-bond donors (Lipinski definition) is 1. The van der Waals surface area contributed by atoms with Gasteiger partial charge in [0.15, 0.2) is 0 Å². The van der Waals surface area contributed by atoms with E-state index in [4.69, 9.17) is 4.74 Å². The molecule has 2 fully saturated rings. The van der Waals surface area contributed by atoms with Gasteiger partial charge in [-0.25, -0.2) is 0 Å². The number of hydrogen-bond acceptors (Lipinski definition) is 2. The number of piperidine rings is 1. The lowest BCUT2D eigenvalue weighted by molar-refractivity contribution is 0.137. The number of nitrogens with one attached hydrogen (secondary N) is 1. The maximum absolute atomic E-state index is 6.29. The highest BCUT2D eigenvalue weighted by molar-refractivity contribution is 9.10. The van der Waals surface area contributed by atoms with Gasteiger partial charge in [0.2, 0.25) is 0 Å². The predicted molar refractivity (Wildman–Crippen MR) is 93.2 cm³/mol. The Hall–Kier alpha value is -1.32. The molecule has 4 rings (SSSR count). The summed E-state index contributed by atoms with van der Waals surface area (Å²) in [6.07, 6.45) is 5.23. The molecule has 0 amide bonds. The van der Waals surface area contributed by atoms with Crippen molar-refractivity contribution in [2.24, 2.45) is 0 Å². The molecule has 2 saturated heterocycles. The third kappa shape index (κ3) is 2.92. The highest BCUT2D eigenvalue weighted by Gasteiger charge is 2.34. The molecule has 2 heterocycles. The maximum atomic E-state index is 6.29. The standard InChI is InChI=1S/C19H20BrNO/c20-19-9-8-16(12-18(19)13-4-2-1-3-5-13)22-17-10-14-6-7-15(11-17)21-14/h1-5,8-9,12,14-15,17,21H,6-7,10-11H2/t14-,15+,17-. The minimum absolute atomic E-state index is 0.351. The van der Waals surface area contributed by atoms with Crippen LogP contribution in [-0.4, -0.2) is 18.2 Å². The molecular weight excluding hydrogens is 338 g/mol. The Bertz CT molecular complexity index is 646. The molecule has 0 aliphatic carbocycles. The van der Waals surface area contributed by atoms with Gasteiger partial charge in [0.1, 0.15) is 11.9 Å². The Morgan fingerprint density at radius 2 is 1.68 bits per heavy atom. The molecule has 3 heteroatoms. The quantitative estimate of drug-likeness (QED) is 0.853. The van der Waals surface area contributed by atoms with Crippen LogP contribution < -0.4 is 10.1 Å². The molecule has 2 aliphatic heterocycles. The van der Waals surface area contributed by atoms with Gasteiger partial charge in [0.25, 0.3) is 0 Å². The third-order valence-electron chi connectivity index (χ3n) is 4.76. The van der Waals surface area contributed by atoms with Gasteiger partial charge in [-0.1, -0.05) is 46.3 Å². The summed E-state index contributed by atoms with van der Waals surface area (Å²) < 4.78 is 7.40. The van der Waals surface area contributed by atoms with Crippen LogP contribution in [0.4, 0.5) is 0 Å². The first kappa shape index (κ1) is 14.3. The SMILES string of the molecule is Brc1ccc(O[C@@H]2C[C@H]3CC[C@@H](C2)N3)cc1-c1ccccc1. The van der Waals surface area contributed by atoms with Crippen molar-refractivity contribution in [3.05, 3.63) is 53.0 Å². The molecule has 0 radical (unpaired) electrons. The molecule has 2 aromatic rings. The fourth-order valence-electron chi connectivity index (χ4n) is 3.71. The number of rotatable bonds is 3. The van der Waals surface area contributed by atoms with Crippen molar-refractivity contribution < 1.29 is 4.74 Å². The Labute approximate surface area is 140 Å². The zero-order chi connectivity index (χ0) is 14.9. The summed E-state index contributed by atoms with van der Waals surface area (Å²) in [5, 5.41) is 3.66. The van der Waals surface area contributed by atoms with Crippen LogP contribution in [0.15, 0.2) is 53.0 Å². The van der Waals surface area contributed by atoms with Gasteiger partial charge in [0, 0.05) is 16.6 Å². The van der Waals surface area contributed by atoms with E-state index in [9.17, 15) is 0 Å². The molecule has 2 bridgehead atoms.